The molecule has 0 radical (unpaired) electrons. The van der Waals surface area contributed by atoms with Crippen LogP contribution in [-0.2, 0) is 33.9 Å². The molecule has 0 saturated heterocycles. The number of nitrogens with one attached hydrogen (secondary N) is 1. The summed E-state index contributed by atoms with van der Waals surface area (Å²) in [6, 6.07) is 9.44. The Morgan fingerprint density at radius 2 is 1.82 bits per heavy atom. The van der Waals surface area contributed by atoms with Crippen LogP contribution in [0.25, 0.3) is 6.08 Å². The first kappa shape index (κ1) is 30.1. The van der Waals surface area contributed by atoms with Gasteiger partial charge in [-0.25, -0.2) is 18.0 Å². The molecule has 2 heterocycles. The van der Waals surface area contributed by atoms with Gasteiger partial charge in [-0.2, -0.15) is 0 Å². The Morgan fingerprint density at radius 1 is 1.08 bits per heavy atom. The standard InChI is InChI=1S/C28H37N3O7S/c1-4-6-8-16-36-17-18-37-27(32)21(3)31-15-9-10-24(31)20-25-26(29-38-28(25)33)22-11-13-23(14-12-22)30-39(34,35)19-7-5-2/h9-15,20-21,30H,4-8,16-19H2,1-3H3/b25-20-. The Hall–Kier alpha value is -3.44. The first-order valence-corrected chi connectivity index (χ1v) is 14.9. The number of aromatic nitrogens is 1. The average Bonchev–Trinajstić information content (AvgIpc) is 3.53. The van der Waals surface area contributed by atoms with Crippen molar-refractivity contribution >= 4 is 39.4 Å². The largest absolute Gasteiger partial charge is 0.462 e. The van der Waals surface area contributed by atoms with Crippen LogP contribution in [0.4, 0.5) is 5.69 Å². The van der Waals surface area contributed by atoms with Crippen molar-refractivity contribution in [3.05, 3.63) is 59.4 Å². The summed E-state index contributed by atoms with van der Waals surface area (Å²) >= 11 is 0. The summed E-state index contributed by atoms with van der Waals surface area (Å²) in [5.74, 6) is -0.994. The summed E-state index contributed by atoms with van der Waals surface area (Å²) in [5, 5.41) is 3.93. The van der Waals surface area contributed by atoms with E-state index in [9.17, 15) is 18.0 Å². The zero-order chi connectivity index (χ0) is 28.3. The van der Waals surface area contributed by atoms with Gasteiger partial charge in [0.2, 0.25) is 10.0 Å². The highest BCUT2D eigenvalue weighted by atomic mass is 32.2. The smallest absolute Gasteiger partial charge is 0.368 e. The van der Waals surface area contributed by atoms with E-state index in [2.05, 4.69) is 16.8 Å². The van der Waals surface area contributed by atoms with Gasteiger partial charge in [0.15, 0.2) is 0 Å². The Bertz CT molecular complexity index is 1280. The molecule has 1 aromatic carbocycles. The lowest BCUT2D eigenvalue weighted by atomic mass is 10.0. The molecule has 1 aliphatic heterocycles. The number of sulfonamides is 1. The summed E-state index contributed by atoms with van der Waals surface area (Å²) < 4.78 is 39.5. The number of benzene rings is 1. The summed E-state index contributed by atoms with van der Waals surface area (Å²) in [7, 11) is -3.43. The normalized spacial score (nSPS) is 15.2. The minimum absolute atomic E-state index is 0.0472. The first-order valence-electron chi connectivity index (χ1n) is 13.3. The molecule has 39 heavy (non-hydrogen) atoms. The van der Waals surface area contributed by atoms with Crippen LogP contribution < -0.4 is 4.72 Å². The van der Waals surface area contributed by atoms with Crippen LogP contribution in [0.15, 0.2) is 53.3 Å². The van der Waals surface area contributed by atoms with Crippen LogP contribution in [0.3, 0.4) is 0 Å². The Morgan fingerprint density at radius 3 is 2.54 bits per heavy atom. The molecule has 212 valence electrons. The lowest BCUT2D eigenvalue weighted by molar-refractivity contribution is -0.148. The van der Waals surface area contributed by atoms with E-state index in [-0.39, 0.29) is 17.9 Å². The van der Waals surface area contributed by atoms with Gasteiger partial charge in [-0.3, -0.25) is 4.72 Å². The van der Waals surface area contributed by atoms with Gasteiger partial charge in [0.05, 0.1) is 17.9 Å². The molecule has 3 rings (SSSR count). The number of anilines is 1. The minimum atomic E-state index is -3.43. The van der Waals surface area contributed by atoms with Gasteiger partial charge in [0.1, 0.15) is 18.4 Å². The van der Waals surface area contributed by atoms with Gasteiger partial charge in [0, 0.05) is 29.7 Å². The van der Waals surface area contributed by atoms with Crippen molar-refractivity contribution < 1.29 is 32.3 Å². The summed E-state index contributed by atoms with van der Waals surface area (Å²) in [5.41, 5.74) is 2.11. The van der Waals surface area contributed by atoms with E-state index in [1.54, 1.807) is 60.2 Å². The number of rotatable bonds is 16. The number of oxime groups is 1. The molecular weight excluding hydrogens is 522 g/mol. The zero-order valence-corrected chi connectivity index (χ0v) is 23.5. The van der Waals surface area contributed by atoms with E-state index in [1.807, 2.05) is 6.92 Å². The first-order chi connectivity index (χ1) is 18.8. The SMILES string of the molecule is CCCCCOCCOC(=O)C(C)n1cccc1/C=C1\C(=O)ON=C1c1ccc(NS(=O)(=O)CCCC)cc1. The molecule has 0 bridgehead atoms. The quantitative estimate of drug-likeness (QED) is 0.137. The Balaban J connectivity index is 1.67. The number of carbonyl (C=O) groups excluding carboxylic acids is 2. The van der Waals surface area contributed by atoms with E-state index >= 15 is 0 Å². The molecule has 0 aliphatic carbocycles. The van der Waals surface area contributed by atoms with E-state index < -0.39 is 28.0 Å². The highest BCUT2D eigenvalue weighted by Gasteiger charge is 2.28. The highest BCUT2D eigenvalue weighted by Crippen LogP contribution is 2.24. The number of esters is 1. The van der Waals surface area contributed by atoms with Crippen molar-refractivity contribution in [1.29, 1.82) is 0 Å². The lowest BCUT2D eigenvalue weighted by Crippen LogP contribution is -2.21. The second-order valence-corrected chi connectivity index (χ2v) is 11.1. The Labute approximate surface area is 230 Å². The zero-order valence-electron chi connectivity index (χ0n) is 22.7. The fourth-order valence-corrected chi connectivity index (χ4v) is 5.17. The summed E-state index contributed by atoms with van der Waals surface area (Å²) in [4.78, 5) is 30.1. The minimum Gasteiger partial charge on any atom is -0.462 e. The Kier molecular flexibility index (Phi) is 11.3. The van der Waals surface area contributed by atoms with E-state index in [0.717, 1.165) is 25.7 Å². The molecule has 2 aromatic rings. The number of ether oxygens (including phenoxy) is 2. The van der Waals surface area contributed by atoms with E-state index in [1.165, 1.54) is 0 Å². The molecule has 1 aliphatic rings. The number of unbranched alkanes of at least 4 members (excludes halogenated alkanes) is 3. The molecule has 0 amide bonds. The van der Waals surface area contributed by atoms with Gasteiger partial charge in [-0.05, 0) is 50.1 Å². The molecule has 1 aromatic heterocycles. The molecule has 1 atom stereocenters. The molecule has 10 nitrogen and oxygen atoms in total. The molecule has 1 N–H and O–H groups in total. The van der Waals surface area contributed by atoms with Crippen molar-refractivity contribution in [2.75, 3.05) is 30.3 Å². The maximum atomic E-state index is 12.6. The number of nitrogens with zero attached hydrogens (tertiary/aromatic N) is 2. The maximum absolute atomic E-state index is 12.6. The fourth-order valence-electron chi connectivity index (χ4n) is 3.90. The van der Waals surface area contributed by atoms with Crippen molar-refractivity contribution in [2.24, 2.45) is 5.16 Å². The lowest BCUT2D eigenvalue weighted by Gasteiger charge is -2.16. The van der Waals surface area contributed by atoms with Crippen LogP contribution in [0.1, 0.15) is 70.2 Å². The predicted octanol–water partition coefficient (Wildman–Crippen LogP) is 4.69. The second kappa shape index (κ2) is 14.6. The average molecular weight is 560 g/mol. The van der Waals surface area contributed by atoms with Gasteiger partial charge in [0.25, 0.3) is 0 Å². The van der Waals surface area contributed by atoms with E-state index in [4.69, 9.17) is 14.3 Å². The van der Waals surface area contributed by atoms with Crippen molar-refractivity contribution in [2.45, 2.75) is 58.9 Å². The maximum Gasteiger partial charge on any atom is 0.368 e. The summed E-state index contributed by atoms with van der Waals surface area (Å²) in [6.07, 6.45) is 7.90. The number of hydrogen-bond acceptors (Lipinski definition) is 8. The van der Waals surface area contributed by atoms with Crippen LogP contribution in [0, 0.1) is 0 Å². The van der Waals surface area contributed by atoms with Crippen LogP contribution >= 0.6 is 0 Å². The van der Waals surface area contributed by atoms with Crippen molar-refractivity contribution in [3.8, 4) is 0 Å². The second-order valence-electron chi connectivity index (χ2n) is 9.23. The predicted molar refractivity (Wildman–Crippen MR) is 150 cm³/mol. The topological polar surface area (TPSA) is 125 Å². The van der Waals surface area contributed by atoms with Crippen molar-refractivity contribution in [1.82, 2.24) is 4.57 Å². The van der Waals surface area contributed by atoms with Gasteiger partial charge < -0.3 is 18.9 Å². The molecule has 11 heteroatoms. The third-order valence-corrected chi connectivity index (χ3v) is 7.49. The molecule has 0 saturated carbocycles. The summed E-state index contributed by atoms with van der Waals surface area (Å²) in [6.45, 7) is 6.93. The van der Waals surface area contributed by atoms with Gasteiger partial charge >= 0.3 is 11.9 Å². The van der Waals surface area contributed by atoms with Crippen LogP contribution in [-0.4, -0.2) is 56.2 Å². The van der Waals surface area contributed by atoms with Gasteiger partial charge in [-0.15, -0.1) is 0 Å². The number of hydrogen-bond donors (Lipinski definition) is 1. The third-order valence-electron chi connectivity index (χ3n) is 6.12. The molecule has 0 fully saturated rings. The monoisotopic (exact) mass is 559 g/mol. The van der Waals surface area contributed by atoms with E-state index in [0.29, 0.717) is 42.3 Å². The third kappa shape index (κ3) is 8.79. The number of carbonyl (C=O) groups is 2. The van der Waals surface area contributed by atoms with Crippen LogP contribution in [0.5, 0.6) is 0 Å². The highest BCUT2D eigenvalue weighted by molar-refractivity contribution is 7.92. The molecular formula is C28H37N3O7S. The van der Waals surface area contributed by atoms with Gasteiger partial charge in [-0.1, -0.05) is 50.4 Å². The van der Waals surface area contributed by atoms with Crippen LogP contribution in [0.2, 0.25) is 0 Å². The fraction of sp³-hybridized carbons (Fsp3) is 0.464. The molecule has 1 unspecified atom stereocenters. The molecule has 0 spiro atoms. The van der Waals surface area contributed by atoms with Crippen molar-refractivity contribution in [3.63, 3.8) is 0 Å².